The fourth-order valence-electron chi connectivity index (χ4n) is 3.01. The van der Waals surface area contributed by atoms with Crippen LogP contribution in [0.5, 0.6) is 17.2 Å². The molecule has 1 aromatic carbocycles. The third-order valence-electron chi connectivity index (χ3n) is 4.15. The normalized spacial score (nSPS) is 17.6. The van der Waals surface area contributed by atoms with Gasteiger partial charge in [0.2, 0.25) is 0 Å². The highest BCUT2D eigenvalue weighted by Crippen LogP contribution is 2.44. The Morgan fingerprint density at radius 2 is 1.50 bits per heavy atom. The van der Waals surface area contributed by atoms with Gasteiger partial charge in [-0.25, -0.2) is 0 Å². The molecule has 1 atom stereocenters. The summed E-state index contributed by atoms with van der Waals surface area (Å²) in [6.45, 7) is 0. The number of methoxy groups -OCH3 is 3. The highest BCUT2D eigenvalue weighted by molar-refractivity contribution is 5.52. The monoisotopic (exact) mass is 280 g/mol. The summed E-state index contributed by atoms with van der Waals surface area (Å²) in [6.07, 6.45) is 5.19. The summed E-state index contributed by atoms with van der Waals surface area (Å²) in [5, 5.41) is 10.7. The Morgan fingerprint density at radius 3 is 1.95 bits per heavy atom. The van der Waals surface area contributed by atoms with Gasteiger partial charge in [-0.3, -0.25) is 0 Å². The van der Waals surface area contributed by atoms with Crippen molar-refractivity contribution in [1.29, 1.82) is 0 Å². The lowest BCUT2D eigenvalue weighted by Crippen LogP contribution is -2.17. The first kappa shape index (κ1) is 15.0. The van der Waals surface area contributed by atoms with Crippen molar-refractivity contribution in [2.75, 3.05) is 21.3 Å². The first-order valence-electron chi connectivity index (χ1n) is 7.19. The van der Waals surface area contributed by atoms with Gasteiger partial charge in [-0.2, -0.15) is 0 Å². The molecule has 2 rings (SSSR count). The third kappa shape index (κ3) is 3.01. The van der Waals surface area contributed by atoms with Crippen molar-refractivity contribution >= 4 is 0 Å². The Labute approximate surface area is 120 Å². The second-order valence-corrected chi connectivity index (χ2v) is 5.29. The second kappa shape index (κ2) is 6.84. The number of ether oxygens (including phenoxy) is 3. The highest BCUT2D eigenvalue weighted by Gasteiger charge is 2.28. The summed E-state index contributed by atoms with van der Waals surface area (Å²) in [4.78, 5) is 0. The van der Waals surface area contributed by atoms with Crippen LogP contribution in [0.2, 0.25) is 0 Å². The minimum Gasteiger partial charge on any atom is -0.496 e. The standard InChI is InChI=1S/C16H24O4/c1-18-12-9-13(19-2)15(14(10-12)20-3)16(17)11-7-5-4-6-8-11/h9-11,16-17H,4-8H2,1-3H3. The molecule has 0 aliphatic heterocycles. The summed E-state index contributed by atoms with van der Waals surface area (Å²) in [6, 6.07) is 3.59. The Hall–Kier alpha value is -1.42. The predicted molar refractivity (Wildman–Crippen MR) is 77.6 cm³/mol. The van der Waals surface area contributed by atoms with Gasteiger partial charge in [0.25, 0.3) is 0 Å². The summed E-state index contributed by atoms with van der Waals surface area (Å²) < 4.78 is 16.1. The number of benzene rings is 1. The molecule has 1 unspecified atom stereocenters. The molecule has 20 heavy (non-hydrogen) atoms. The molecule has 0 heterocycles. The molecule has 1 aliphatic rings. The van der Waals surface area contributed by atoms with Gasteiger partial charge in [-0.05, 0) is 18.8 Å². The van der Waals surface area contributed by atoms with E-state index in [1.54, 1.807) is 33.5 Å². The van der Waals surface area contributed by atoms with Crippen LogP contribution >= 0.6 is 0 Å². The van der Waals surface area contributed by atoms with Crippen molar-refractivity contribution in [2.45, 2.75) is 38.2 Å². The Morgan fingerprint density at radius 1 is 0.950 bits per heavy atom. The minimum atomic E-state index is -0.550. The van der Waals surface area contributed by atoms with Gasteiger partial charge >= 0.3 is 0 Å². The smallest absolute Gasteiger partial charge is 0.132 e. The van der Waals surface area contributed by atoms with Gasteiger partial charge in [0.1, 0.15) is 17.2 Å². The first-order valence-corrected chi connectivity index (χ1v) is 7.19. The molecule has 112 valence electrons. The molecular formula is C16H24O4. The van der Waals surface area contributed by atoms with Crippen molar-refractivity contribution < 1.29 is 19.3 Å². The molecule has 0 bridgehead atoms. The summed E-state index contributed by atoms with van der Waals surface area (Å²) >= 11 is 0. The molecule has 0 aromatic heterocycles. The van der Waals surface area contributed by atoms with Crippen molar-refractivity contribution in [1.82, 2.24) is 0 Å². The maximum absolute atomic E-state index is 10.7. The van der Waals surface area contributed by atoms with E-state index in [9.17, 15) is 5.11 Å². The molecule has 0 saturated heterocycles. The first-order chi connectivity index (χ1) is 9.71. The average Bonchev–Trinajstić information content (AvgIpc) is 2.53. The highest BCUT2D eigenvalue weighted by atomic mass is 16.5. The molecule has 4 heteroatoms. The Bertz CT molecular complexity index is 413. The molecule has 1 saturated carbocycles. The molecule has 0 spiro atoms. The number of aliphatic hydroxyl groups is 1. The van der Waals surface area contributed by atoms with Crippen LogP contribution in [0.25, 0.3) is 0 Å². The molecular weight excluding hydrogens is 256 g/mol. The second-order valence-electron chi connectivity index (χ2n) is 5.29. The van der Waals surface area contributed by atoms with Crippen LogP contribution in [-0.4, -0.2) is 26.4 Å². The number of aliphatic hydroxyl groups excluding tert-OH is 1. The largest absolute Gasteiger partial charge is 0.496 e. The summed E-state index contributed by atoms with van der Waals surface area (Å²) in [5.74, 6) is 2.19. The fraction of sp³-hybridized carbons (Fsp3) is 0.625. The zero-order valence-corrected chi connectivity index (χ0v) is 12.5. The minimum absolute atomic E-state index is 0.278. The fourth-order valence-corrected chi connectivity index (χ4v) is 3.01. The van der Waals surface area contributed by atoms with E-state index in [0.717, 1.165) is 18.4 Å². The van der Waals surface area contributed by atoms with E-state index >= 15 is 0 Å². The number of rotatable bonds is 5. The zero-order chi connectivity index (χ0) is 14.5. The molecule has 1 fully saturated rings. The lowest BCUT2D eigenvalue weighted by Gasteiger charge is -2.29. The van der Waals surface area contributed by atoms with Gasteiger partial charge in [-0.15, -0.1) is 0 Å². The maximum atomic E-state index is 10.7. The van der Waals surface area contributed by atoms with Gasteiger partial charge in [0, 0.05) is 12.1 Å². The van der Waals surface area contributed by atoms with Crippen LogP contribution in [0.3, 0.4) is 0 Å². The summed E-state index contributed by atoms with van der Waals surface area (Å²) in [7, 11) is 4.81. The number of hydrogen-bond acceptors (Lipinski definition) is 4. The summed E-state index contributed by atoms with van der Waals surface area (Å²) in [5.41, 5.74) is 0.739. The van der Waals surface area contributed by atoms with E-state index in [0.29, 0.717) is 17.2 Å². The van der Waals surface area contributed by atoms with Gasteiger partial charge in [-0.1, -0.05) is 19.3 Å². The molecule has 1 aliphatic carbocycles. The Kier molecular flexibility index (Phi) is 5.12. The van der Waals surface area contributed by atoms with Gasteiger partial charge < -0.3 is 19.3 Å². The number of hydrogen-bond donors (Lipinski definition) is 1. The Balaban J connectivity index is 2.36. The van der Waals surface area contributed by atoms with Crippen molar-refractivity contribution in [3.63, 3.8) is 0 Å². The average molecular weight is 280 g/mol. The quantitative estimate of drug-likeness (QED) is 0.898. The molecule has 0 radical (unpaired) electrons. The molecule has 1 N–H and O–H groups in total. The van der Waals surface area contributed by atoms with Crippen LogP contribution in [-0.2, 0) is 0 Å². The lowest BCUT2D eigenvalue weighted by molar-refractivity contribution is 0.0799. The van der Waals surface area contributed by atoms with E-state index in [-0.39, 0.29) is 5.92 Å². The van der Waals surface area contributed by atoms with Crippen LogP contribution in [0, 0.1) is 5.92 Å². The van der Waals surface area contributed by atoms with E-state index < -0.39 is 6.10 Å². The van der Waals surface area contributed by atoms with Crippen LogP contribution in [0.15, 0.2) is 12.1 Å². The van der Waals surface area contributed by atoms with Gasteiger partial charge in [0.05, 0.1) is 33.0 Å². The van der Waals surface area contributed by atoms with E-state index in [4.69, 9.17) is 14.2 Å². The van der Waals surface area contributed by atoms with Crippen LogP contribution < -0.4 is 14.2 Å². The van der Waals surface area contributed by atoms with Crippen LogP contribution in [0.4, 0.5) is 0 Å². The molecule has 1 aromatic rings. The maximum Gasteiger partial charge on any atom is 0.132 e. The lowest BCUT2D eigenvalue weighted by atomic mass is 9.82. The van der Waals surface area contributed by atoms with E-state index in [1.807, 2.05) is 0 Å². The third-order valence-corrected chi connectivity index (χ3v) is 4.15. The van der Waals surface area contributed by atoms with Crippen molar-refractivity contribution in [3.05, 3.63) is 17.7 Å². The van der Waals surface area contributed by atoms with Gasteiger partial charge in [0.15, 0.2) is 0 Å². The van der Waals surface area contributed by atoms with E-state index in [1.165, 1.54) is 19.3 Å². The van der Waals surface area contributed by atoms with E-state index in [2.05, 4.69) is 0 Å². The zero-order valence-electron chi connectivity index (χ0n) is 12.5. The topological polar surface area (TPSA) is 47.9 Å². The molecule has 0 amide bonds. The van der Waals surface area contributed by atoms with Crippen molar-refractivity contribution in [3.8, 4) is 17.2 Å². The SMILES string of the molecule is COc1cc(OC)c(C(O)C2CCCCC2)c(OC)c1. The van der Waals surface area contributed by atoms with Crippen molar-refractivity contribution in [2.24, 2.45) is 5.92 Å². The van der Waals surface area contributed by atoms with Crippen LogP contribution in [0.1, 0.15) is 43.8 Å². The predicted octanol–water partition coefficient (Wildman–Crippen LogP) is 3.33. The molecule has 4 nitrogen and oxygen atoms in total.